The summed E-state index contributed by atoms with van der Waals surface area (Å²) in [7, 11) is 0. The van der Waals surface area contributed by atoms with Gasteiger partial charge in [0.05, 0.1) is 0 Å². The van der Waals surface area contributed by atoms with Crippen LogP contribution in [-0.4, -0.2) is 15.2 Å². The summed E-state index contributed by atoms with van der Waals surface area (Å²) in [5.41, 5.74) is 0. The Morgan fingerprint density at radius 3 is 3.11 bits per heavy atom. The van der Waals surface area contributed by atoms with Crippen LogP contribution in [0.25, 0.3) is 0 Å². The zero-order chi connectivity index (χ0) is 6.69. The number of rotatable bonds is 2. The molecule has 0 fully saturated rings. The van der Waals surface area contributed by atoms with Crippen LogP contribution in [0.2, 0.25) is 0 Å². The largest absolute Gasteiger partial charge is 0.263 e. The summed E-state index contributed by atoms with van der Waals surface area (Å²) in [6.45, 7) is 5.64. The van der Waals surface area contributed by atoms with Crippen molar-refractivity contribution in [1.82, 2.24) is 15.2 Å². The molecule has 1 N–H and O–H groups in total. The van der Waals surface area contributed by atoms with Crippen molar-refractivity contribution in [2.45, 2.75) is 12.8 Å². The number of allylic oxidation sites excluding steroid dienone is 1. The Morgan fingerprint density at radius 2 is 2.67 bits per heavy atom. The van der Waals surface area contributed by atoms with Crippen molar-refractivity contribution in [3.8, 4) is 0 Å². The molecule has 1 atom stereocenters. The fraction of sp³-hybridized carbons (Fsp3) is 0.333. The minimum absolute atomic E-state index is 0.271. The van der Waals surface area contributed by atoms with Gasteiger partial charge in [0.15, 0.2) is 0 Å². The highest BCUT2D eigenvalue weighted by Gasteiger charge is 2.00. The minimum atomic E-state index is 0.271. The normalized spacial score (nSPS) is 13.0. The van der Waals surface area contributed by atoms with Gasteiger partial charge in [0.25, 0.3) is 0 Å². The topological polar surface area (TPSA) is 41.6 Å². The second-order valence-corrected chi connectivity index (χ2v) is 1.90. The van der Waals surface area contributed by atoms with Gasteiger partial charge in [-0.2, -0.15) is 5.10 Å². The third-order valence-electron chi connectivity index (χ3n) is 1.22. The predicted octanol–water partition coefficient (Wildman–Crippen LogP) is 1.09. The highest BCUT2D eigenvalue weighted by molar-refractivity contribution is 4.99. The molecular formula is C6H9N3. The first-order valence-electron chi connectivity index (χ1n) is 2.82. The van der Waals surface area contributed by atoms with Gasteiger partial charge in [-0.1, -0.05) is 13.0 Å². The molecule has 0 aliphatic carbocycles. The Bertz CT molecular complexity index is 178. The zero-order valence-electron chi connectivity index (χ0n) is 5.33. The highest BCUT2D eigenvalue weighted by Crippen LogP contribution is 2.07. The number of hydrogen-bond donors (Lipinski definition) is 1. The summed E-state index contributed by atoms with van der Waals surface area (Å²) in [6, 6.07) is 0. The van der Waals surface area contributed by atoms with Gasteiger partial charge in [-0.15, -0.1) is 6.58 Å². The van der Waals surface area contributed by atoms with Crippen LogP contribution < -0.4 is 0 Å². The van der Waals surface area contributed by atoms with Crippen LogP contribution in [0, 0.1) is 0 Å². The van der Waals surface area contributed by atoms with Crippen molar-refractivity contribution in [1.29, 1.82) is 0 Å². The molecule has 1 rings (SSSR count). The summed E-state index contributed by atoms with van der Waals surface area (Å²) in [5, 5.41) is 6.46. The molecule has 1 aromatic rings. The molecule has 9 heavy (non-hydrogen) atoms. The first kappa shape index (κ1) is 6.01. The fourth-order valence-electron chi connectivity index (χ4n) is 0.546. The molecule has 3 nitrogen and oxygen atoms in total. The Labute approximate surface area is 53.8 Å². The lowest BCUT2D eigenvalue weighted by molar-refractivity contribution is 0.852. The maximum absolute atomic E-state index is 3.95. The summed E-state index contributed by atoms with van der Waals surface area (Å²) in [6.07, 6.45) is 3.32. The van der Waals surface area contributed by atoms with Crippen molar-refractivity contribution in [3.05, 3.63) is 24.8 Å². The molecule has 0 saturated heterocycles. The second-order valence-electron chi connectivity index (χ2n) is 1.90. The molecular weight excluding hydrogens is 114 g/mol. The maximum Gasteiger partial charge on any atom is 0.137 e. The van der Waals surface area contributed by atoms with Crippen LogP contribution in [0.5, 0.6) is 0 Å². The van der Waals surface area contributed by atoms with E-state index in [1.807, 2.05) is 13.0 Å². The predicted molar refractivity (Wildman–Crippen MR) is 35.0 cm³/mol. The molecule has 1 aromatic heterocycles. The Balaban J connectivity index is 2.76. The fourth-order valence-corrected chi connectivity index (χ4v) is 0.546. The molecule has 0 aromatic carbocycles. The van der Waals surface area contributed by atoms with Gasteiger partial charge in [0.2, 0.25) is 0 Å². The van der Waals surface area contributed by atoms with Crippen LogP contribution in [0.1, 0.15) is 18.7 Å². The molecule has 0 aliphatic heterocycles. The van der Waals surface area contributed by atoms with Crippen molar-refractivity contribution >= 4 is 0 Å². The number of aromatic amines is 1. The van der Waals surface area contributed by atoms with E-state index < -0.39 is 0 Å². The lowest BCUT2D eigenvalue weighted by atomic mass is 10.2. The van der Waals surface area contributed by atoms with Gasteiger partial charge < -0.3 is 0 Å². The van der Waals surface area contributed by atoms with E-state index in [0.717, 1.165) is 5.82 Å². The third kappa shape index (κ3) is 1.16. The molecule has 1 heterocycles. The summed E-state index contributed by atoms with van der Waals surface area (Å²) in [4.78, 5) is 3.95. The van der Waals surface area contributed by atoms with Gasteiger partial charge in [0.1, 0.15) is 12.2 Å². The van der Waals surface area contributed by atoms with Gasteiger partial charge in [-0.25, -0.2) is 4.98 Å². The van der Waals surface area contributed by atoms with E-state index in [2.05, 4.69) is 21.8 Å². The monoisotopic (exact) mass is 123 g/mol. The molecule has 0 saturated carbocycles. The van der Waals surface area contributed by atoms with Crippen molar-refractivity contribution in [3.63, 3.8) is 0 Å². The first-order chi connectivity index (χ1) is 4.34. The molecule has 48 valence electrons. The molecule has 0 amide bonds. The van der Waals surface area contributed by atoms with Crippen molar-refractivity contribution in [2.24, 2.45) is 0 Å². The van der Waals surface area contributed by atoms with E-state index in [-0.39, 0.29) is 5.92 Å². The minimum Gasteiger partial charge on any atom is -0.263 e. The molecule has 3 heteroatoms. The lowest BCUT2D eigenvalue weighted by Gasteiger charge is -1.96. The van der Waals surface area contributed by atoms with Gasteiger partial charge in [0, 0.05) is 5.92 Å². The summed E-state index contributed by atoms with van der Waals surface area (Å²) >= 11 is 0. The highest BCUT2D eigenvalue weighted by atomic mass is 15.2. The Morgan fingerprint density at radius 1 is 1.89 bits per heavy atom. The number of H-pyrrole nitrogens is 1. The molecule has 0 bridgehead atoms. The second kappa shape index (κ2) is 2.44. The maximum atomic E-state index is 3.95. The van der Waals surface area contributed by atoms with Crippen LogP contribution in [0.15, 0.2) is 19.0 Å². The Hall–Kier alpha value is -1.12. The number of nitrogens with zero attached hydrogens (tertiary/aromatic N) is 2. The number of nitrogens with one attached hydrogen (secondary N) is 1. The van der Waals surface area contributed by atoms with Gasteiger partial charge in [-0.05, 0) is 0 Å². The molecule has 0 radical (unpaired) electrons. The average molecular weight is 123 g/mol. The van der Waals surface area contributed by atoms with E-state index in [4.69, 9.17) is 0 Å². The quantitative estimate of drug-likeness (QED) is 0.598. The first-order valence-corrected chi connectivity index (χ1v) is 2.82. The molecule has 0 spiro atoms. The number of hydrogen-bond acceptors (Lipinski definition) is 2. The molecule has 0 aliphatic rings. The van der Waals surface area contributed by atoms with E-state index in [1.54, 1.807) is 0 Å². The average Bonchev–Trinajstić information content (AvgIpc) is 2.37. The summed E-state index contributed by atoms with van der Waals surface area (Å²) in [5.74, 6) is 1.14. The van der Waals surface area contributed by atoms with E-state index >= 15 is 0 Å². The third-order valence-corrected chi connectivity index (χ3v) is 1.22. The SMILES string of the molecule is C=CC(C)c1ncn[nH]1. The number of aromatic nitrogens is 3. The van der Waals surface area contributed by atoms with Gasteiger partial charge in [-0.3, -0.25) is 5.10 Å². The van der Waals surface area contributed by atoms with Crippen molar-refractivity contribution in [2.75, 3.05) is 0 Å². The van der Waals surface area contributed by atoms with Crippen LogP contribution in [0.3, 0.4) is 0 Å². The van der Waals surface area contributed by atoms with Crippen LogP contribution >= 0.6 is 0 Å². The summed E-state index contributed by atoms with van der Waals surface area (Å²) < 4.78 is 0. The van der Waals surface area contributed by atoms with E-state index in [0.29, 0.717) is 0 Å². The zero-order valence-corrected chi connectivity index (χ0v) is 5.33. The van der Waals surface area contributed by atoms with E-state index in [9.17, 15) is 0 Å². The van der Waals surface area contributed by atoms with Gasteiger partial charge >= 0.3 is 0 Å². The lowest BCUT2D eigenvalue weighted by Crippen LogP contribution is -1.90. The Kier molecular flexibility index (Phi) is 1.63. The van der Waals surface area contributed by atoms with Crippen molar-refractivity contribution < 1.29 is 0 Å². The van der Waals surface area contributed by atoms with Crippen LogP contribution in [0.4, 0.5) is 0 Å². The molecule has 1 unspecified atom stereocenters. The van der Waals surface area contributed by atoms with Crippen LogP contribution in [-0.2, 0) is 0 Å². The standard InChI is InChI=1S/C6H9N3/c1-3-5(2)6-7-4-8-9-6/h3-5H,1H2,2H3,(H,7,8,9). The van der Waals surface area contributed by atoms with E-state index in [1.165, 1.54) is 6.33 Å². The smallest absolute Gasteiger partial charge is 0.137 e.